The molecule has 0 amide bonds. The van der Waals surface area contributed by atoms with E-state index in [1.165, 1.54) is 43.1 Å². The van der Waals surface area contributed by atoms with Crippen molar-refractivity contribution >= 4 is 43.1 Å². The van der Waals surface area contributed by atoms with Crippen molar-refractivity contribution < 1.29 is 0 Å². The second-order valence-corrected chi connectivity index (χ2v) is 8.57. The van der Waals surface area contributed by atoms with Crippen molar-refractivity contribution in [2.45, 2.75) is 0 Å². The van der Waals surface area contributed by atoms with Gasteiger partial charge in [0, 0.05) is 29.7 Å². The molecule has 2 aromatic heterocycles. The highest BCUT2D eigenvalue weighted by molar-refractivity contribution is 6.22. The lowest BCUT2D eigenvalue weighted by molar-refractivity contribution is 1.20. The maximum absolute atomic E-state index is 4.73. The van der Waals surface area contributed by atoms with E-state index in [1.54, 1.807) is 18.6 Å². The SMILES string of the molecule is c1ccc2c(c1)ccc1c2ccc2c3cc(-c4ccc(-c5cnccn5)cn4)ccc3ccc21. The predicted molar refractivity (Wildman–Crippen MR) is 141 cm³/mol. The van der Waals surface area contributed by atoms with Gasteiger partial charge < -0.3 is 0 Å². The Morgan fingerprint density at radius 2 is 1.09 bits per heavy atom. The number of hydrogen-bond acceptors (Lipinski definition) is 3. The summed E-state index contributed by atoms with van der Waals surface area (Å²) < 4.78 is 0. The zero-order valence-corrected chi connectivity index (χ0v) is 18.3. The molecule has 0 spiro atoms. The van der Waals surface area contributed by atoms with E-state index in [1.807, 2.05) is 6.20 Å². The van der Waals surface area contributed by atoms with Crippen LogP contribution >= 0.6 is 0 Å². The Kier molecular flexibility index (Phi) is 4.15. The third-order valence-electron chi connectivity index (χ3n) is 6.66. The van der Waals surface area contributed by atoms with E-state index in [-0.39, 0.29) is 0 Å². The fourth-order valence-corrected chi connectivity index (χ4v) is 4.96. The summed E-state index contributed by atoms with van der Waals surface area (Å²) >= 11 is 0. The van der Waals surface area contributed by atoms with E-state index >= 15 is 0 Å². The second kappa shape index (κ2) is 7.46. The van der Waals surface area contributed by atoms with Gasteiger partial charge in [0.25, 0.3) is 0 Å². The van der Waals surface area contributed by atoms with Crippen LogP contribution in [0.15, 0.2) is 116 Å². The van der Waals surface area contributed by atoms with Crippen molar-refractivity contribution in [3.05, 3.63) is 116 Å². The van der Waals surface area contributed by atoms with E-state index in [9.17, 15) is 0 Å². The number of fused-ring (bicyclic) bond motifs is 7. The quantitative estimate of drug-likeness (QED) is 0.261. The maximum Gasteiger partial charge on any atom is 0.0900 e. The largest absolute Gasteiger partial charge is 0.261 e. The van der Waals surface area contributed by atoms with E-state index < -0.39 is 0 Å². The van der Waals surface area contributed by atoms with Crippen molar-refractivity contribution in [1.29, 1.82) is 0 Å². The van der Waals surface area contributed by atoms with Crippen LogP contribution in [0.5, 0.6) is 0 Å². The first-order chi connectivity index (χ1) is 16.8. The molecule has 0 atom stereocenters. The Morgan fingerprint density at radius 1 is 0.412 bits per heavy atom. The fraction of sp³-hybridized carbons (Fsp3) is 0. The minimum Gasteiger partial charge on any atom is -0.261 e. The zero-order chi connectivity index (χ0) is 22.5. The molecule has 0 saturated carbocycles. The number of rotatable bonds is 2. The molecule has 0 bridgehead atoms. The molecule has 7 rings (SSSR count). The van der Waals surface area contributed by atoms with E-state index in [0.29, 0.717) is 0 Å². The third kappa shape index (κ3) is 2.95. The molecule has 158 valence electrons. The van der Waals surface area contributed by atoms with Gasteiger partial charge >= 0.3 is 0 Å². The highest BCUT2D eigenvalue weighted by Crippen LogP contribution is 2.36. The highest BCUT2D eigenvalue weighted by Gasteiger charge is 2.09. The van der Waals surface area contributed by atoms with Crippen LogP contribution in [0.4, 0.5) is 0 Å². The Bertz CT molecular complexity index is 1840. The minimum absolute atomic E-state index is 0.824. The smallest absolute Gasteiger partial charge is 0.0900 e. The number of benzene rings is 5. The molecule has 0 radical (unpaired) electrons. The molecule has 0 aliphatic rings. The lowest BCUT2D eigenvalue weighted by Gasteiger charge is -2.11. The second-order valence-electron chi connectivity index (χ2n) is 8.57. The molecule has 34 heavy (non-hydrogen) atoms. The number of aromatic nitrogens is 3. The average molecular weight is 434 g/mol. The summed E-state index contributed by atoms with van der Waals surface area (Å²) in [5.41, 5.74) is 3.83. The zero-order valence-electron chi connectivity index (χ0n) is 18.3. The monoisotopic (exact) mass is 433 g/mol. The minimum atomic E-state index is 0.824. The van der Waals surface area contributed by atoms with Gasteiger partial charge in [0.05, 0.1) is 17.6 Å². The molecule has 0 fully saturated rings. The highest BCUT2D eigenvalue weighted by atomic mass is 14.8. The normalized spacial score (nSPS) is 11.5. The first-order valence-electron chi connectivity index (χ1n) is 11.3. The lowest BCUT2D eigenvalue weighted by atomic mass is 9.93. The van der Waals surface area contributed by atoms with Crippen LogP contribution in [0.2, 0.25) is 0 Å². The van der Waals surface area contributed by atoms with Crippen molar-refractivity contribution in [2.24, 2.45) is 0 Å². The van der Waals surface area contributed by atoms with E-state index in [4.69, 9.17) is 4.98 Å². The molecular formula is C31H19N3. The summed E-state index contributed by atoms with van der Waals surface area (Å²) in [4.78, 5) is 13.2. The molecular weight excluding hydrogens is 414 g/mol. The fourth-order valence-electron chi connectivity index (χ4n) is 4.96. The van der Waals surface area contributed by atoms with Crippen LogP contribution in [-0.2, 0) is 0 Å². The van der Waals surface area contributed by atoms with Gasteiger partial charge in [-0.2, -0.15) is 0 Å². The summed E-state index contributed by atoms with van der Waals surface area (Å²) in [7, 11) is 0. The van der Waals surface area contributed by atoms with Gasteiger partial charge in [-0.05, 0) is 61.3 Å². The lowest BCUT2D eigenvalue weighted by Crippen LogP contribution is -1.88. The first kappa shape index (κ1) is 18.9. The molecule has 2 heterocycles. The van der Waals surface area contributed by atoms with Gasteiger partial charge in [0.2, 0.25) is 0 Å². The standard InChI is InChI=1S/C31H19N3/c1-2-4-24-20(3-1)7-10-26-25(24)12-13-28-27(26)11-8-21-5-6-22(17-29(21)28)30-14-9-23(18-34-30)31-19-32-15-16-33-31/h1-19H. The van der Waals surface area contributed by atoms with Gasteiger partial charge in [-0.15, -0.1) is 0 Å². The number of nitrogens with zero attached hydrogens (tertiary/aromatic N) is 3. The Morgan fingerprint density at radius 3 is 1.85 bits per heavy atom. The number of hydrogen-bond donors (Lipinski definition) is 0. The Labute approximate surface area is 196 Å². The van der Waals surface area contributed by atoms with E-state index in [0.717, 1.165) is 22.5 Å². The summed E-state index contributed by atoms with van der Waals surface area (Å²) in [5, 5.41) is 10.2. The summed E-state index contributed by atoms with van der Waals surface area (Å²) in [6, 6.07) is 32.8. The molecule has 3 nitrogen and oxygen atoms in total. The van der Waals surface area contributed by atoms with Gasteiger partial charge in [-0.3, -0.25) is 15.0 Å². The predicted octanol–water partition coefficient (Wildman–Crippen LogP) is 7.82. The van der Waals surface area contributed by atoms with Crippen molar-refractivity contribution in [3.8, 4) is 22.5 Å². The van der Waals surface area contributed by atoms with Gasteiger partial charge in [-0.25, -0.2) is 0 Å². The molecule has 3 heteroatoms. The third-order valence-corrected chi connectivity index (χ3v) is 6.66. The molecule has 7 aromatic rings. The summed E-state index contributed by atoms with van der Waals surface area (Å²) in [5.74, 6) is 0. The van der Waals surface area contributed by atoms with Crippen LogP contribution in [0.25, 0.3) is 65.6 Å². The van der Waals surface area contributed by atoms with Gasteiger partial charge in [0.1, 0.15) is 0 Å². The van der Waals surface area contributed by atoms with Crippen LogP contribution in [0.1, 0.15) is 0 Å². The van der Waals surface area contributed by atoms with Crippen LogP contribution in [0.3, 0.4) is 0 Å². The van der Waals surface area contributed by atoms with Crippen LogP contribution < -0.4 is 0 Å². The number of pyridine rings is 1. The topological polar surface area (TPSA) is 38.7 Å². The Balaban J connectivity index is 1.40. The van der Waals surface area contributed by atoms with Crippen LogP contribution in [-0.4, -0.2) is 15.0 Å². The maximum atomic E-state index is 4.73. The van der Waals surface area contributed by atoms with Crippen molar-refractivity contribution in [3.63, 3.8) is 0 Å². The van der Waals surface area contributed by atoms with Crippen molar-refractivity contribution in [1.82, 2.24) is 15.0 Å². The summed E-state index contributed by atoms with van der Waals surface area (Å²) in [6.45, 7) is 0. The molecule has 0 unspecified atom stereocenters. The molecule has 0 aliphatic carbocycles. The molecule has 0 N–H and O–H groups in total. The first-order valence-corrected chi connectivity index (χ1v) is 11.3. The molecule has 0 saturated heterocycles. The van der Waals surface area contributed by atoms with Gasteiger partial charge in [-0.1, -0.05) is 72.8 Å². The average Bonchev–Trinajstić information content (AvgIpc) is 2.92. The molecule has 5 aromatic carbocycles. The Hall–Kier alpha value is -4.63. The van der Waals surface area contributed by atoms with E-state index in [2.05, 4.69) is 101 Å². The summed E-state index contributed by atoms with van der Waals surface area (Å²) in [6.07, 6.45) is 7.00. The van der Waals surface area contributed by atoms with Crippen molar-refractivity contribution in [2.75, 3.05) is 0 Å². The molecule has 0 aliphatic heterocycles. The van der Waals surface area contributed by atoms with Crippen LogP contribution in [0, 0.1) is 0 Å². The van der Waals surface area contributed by atoms with Gasteiger partial charge in [0.15, 0.2) is 0 Å².